The third kappa shape index (κ3) is 4.20. The van der Waals surface area contributed by atoms with Crippen molar-refractivity contribution in [2.24, 2.45) is 5.11 Å². The highest BCUT2D eigenvalue weighted by atomic mass is 16.7. The summed E-state index contributed by atoms with van der Waals surface area (Å²) in [6.07, 6.45) is -2.62. The number of methoxy groups -OCH3 is 2. The second kappa shape index (κ2) is 8.83. The first-order chi connectivity index (χ1) is 11.2. The third-order valence-electron chi connectivity index (χ3n) is 3.77. The molecular weight excluding hydrogens is 302 g/mol. The quantitative estimate of drug-likeness (QED) is 0.466. The lowest BCUT2D eigenvalue weighted by Gasteiger charge is -2.43. The number of nitrogens with zero attached hydrogens (tertiary/aromatic N) is 3. The fraction of sp³-hybridized carbons (Fsp3) is 0.600. The molecule has 23 heavy (non-hydrogen) atoms. The van der Waals surface area contributed by atoms with Crippen LogP contribution >= 0.6 is 0 Å². The van der Waals surface area contributed by atoms with Crippen LogP contribution in [0.25, 0.3) is 10.4 Å². The van der Waals surface area contributed by atoms with E-state index in [2.05, 4.69) is 10.0 Å². The number of hydrogen-bond donors (Lipinski definition) is 1. The van der Waals surface area contributed by atoms with Crippen LogP contribution in [0.5, 0.6) is 0 Å². The molecule has 1 saturated heterocycles. The number of rotatable bonds is 7. The van der Waals surface area contributed by atoms with Crippen LogP contribution in [0, 0.1) is 0 Å². The molecule has 5 atom stereocenters. The molecule has 0 aromatic heterocycles. The second-order valence-corrected chi connectivity index (χ2v) is 5.12. The van der Waals surface area contributed by atoms with Crippen LogP contribution in [0.1, 0.15) is 5.56 Å². The van der Waals surface area contributed by atoms with E-state index in [-0.39, 0.29) is 6.61 Å². The average Bonchev–Trinajstić information content (AvgIpc) is 2.60. The summed E-state index contributed by atoms with van der Waals surface area (Å²) in [5.74, 6) is 0. The molecule has 2 rings (SSSR count). The summed E-state index contributed by atoms with van der Waals surface area (Å²) in [4.78, 5) is 2.85. The number of aliphatic hydroxyl groups excluding tert-OH is 1. The lowest BCUT2D eigenvalue weighted by molar-refractivity contribution is -0.271. The predicted octanol–water partition coefficient (Wildman–Crippen LogP) is 1.63. The topological polar surface area (TPSA) is 106 Å². The first kappa shape index (κ1) is 17.7. The zero-order valence-corrected chi connectivity index (χ0v) is 13.1. The molecule has 8 heteroatoms. The molecule has 1 aromatic carbocycles. The second-order valence-electron chi connectivity index (χ2n) is 5.12. The van der Waals surface area contributed by atoms with E-state index in [0.717, 1.165) is 5.56 Å². The van der Waals surface area contributed by atoms with Crippen molar-refractivity contribution in [1.29, 1.82) is 0 Å². The summed E-state index contributed by atoms with van der Waals surface area (Å²) >= 11 is 0. The van der Waals surface area contributed by atoms with Gasteiger partial charge in [-0.3, -0.25) is 0 Å². The minimum atomic E-state index is -0.810. The Balaban J connectivity index is 2.20. The van der Waals surface area contributed by atoms with Crippen LogP contribution < -0.4 is 0 Å². The molecule has 1 N–H and O–H groups in total. The Kier molecular flexibility index (Phi) is 6.79. The van der Waals surface area contributed by atoms with Crippen LogP contribution in [0.4, 0.5) is 0 Å². The van der Waals surface area contributed by atoms with E-state index in [1.165, 1.54) is 14.2 Å². The average molecular weight is 323 g/mol. The molecule has 0 amide bonds. The zero-order chi connectivity index (χ0) is 16.7. The number of ether oxygens (including phenoxy) is 4. The maximum absolute atomic E-state index is 9.51. The smallest absolute Gasteiger partial charge is 0.168 e. The van der Waals surface area contributed by atoms with Gasteiger partial charge in [-0.25, -0.2) is 0 Å². The lowest BCUT2D eigenvalue weighted by atomic mass is 9.97. The maximum Gasteiger partial charge on any atom is 0.168 e. The van der Waals surface area contributed by atoms with E-state index in [1.807, 2.05) is 30.3 Å². The Bertz CT molecular complexity index is 523. The highest BCUT2D eigenvalue weighted by Gasteiger charge is 2.46. The van der Waals surface area contributed by atoms with Crippen molar-refractivity contribution in [3.8, 4) is 0 Å². The molecule has 0 radical (unpaired) electrons. The minimum absolute atomic E-state index is 0.257. The van der Waals surface area contributed by atoms with Crippen molar-refractivity contribution in [3.63, 3.8) is 0 Å². The van der Waals surface area contributed by atoms with Crippen molar-refractivity contribution >= 4 is 0 Å². The fourth-order valence-corrected chi connectivity index (χ4v) is 2.66. The van der Waals surface area contributed by atoms with Gasteiger partial charge in [-0.15, -0.1) is 0 Å². The van der Waals surface area contributed by atoms with Crippen LogP contribution in [0.3, 0.4) is 0 Å². The fourth-order valence-electron chi connectivity index (χ4n) is 2.66. The summed E-state index contributed by atoms with van der Waals surface area (Å²) in [5.41, 5.74) is 9.79. The Morgan fingerprint density at radius 1 is 1.22 bits per heavy atom. The zero-order valence-electron chi connectivity index (χ0n) is 13.1. The van der Waals surface area contributed by atoms with Crippen molar-refractivity contribution in [2.45, 2.75) is 37.3 Å². The van der Waals surface area contributed by atoms with Gasteiger partial charge in [-0.05, 0) is 11.1 Å². The van der Waals surface area contributed by atoms with E-state index >= 15 is 0 Å². The Hall–Kier alpha value is -1.67. The SMILES string of the molecule is CO[C@H]1O[C@H](CO)[C@@H](OC)[C@H](OCc2ccccc2)[C@H]1N=[N+]=[N-]. The van der Waals surface area contributed by atoms with Gasteiger partial charge in [0.1, 0.15) is 24.4 Å². The molecule has 126 valence electrons. The van der Waals surface area contributed by atoms with Crippen LogP contribution in [-0.2, 0) is 25.6 Å². The van der Waals surface area contributed by atoms with Crippen molar-refractivity contribution in [3.05, 3.63) is 46.3 Å². The molecule has 8 nitrogen and oxygen atoms in total. The highest BCUT2D eigenvalue weighted by molar-refractivity contribution is 5.13. The first-order valence-electron chi connectivity index (χ1n) is 7.26. The van der Waals surface area contributed by atoms with E-state index < -0.39 is 30.6 Å². The number of hydrogen-bond acceptors (Lipinski definition) is 6. The van der Waals surface area contributed by atoms with E-state index in [1.54, 1.807) is 0 Å². The van der Waals surface area contributed by atoms with E-state index in [0.29, 0.717) is 6.61 Å². The van der Waals surface area contributed by atoms with Gasteiger partial charge in [0.15, 0.2) is 6.29 Å². The summed E-state index contributed by atoms with van der Waals surface area (Å²) in [7, 11) is 2.94. The maximum atomic E-state index is 9.51. The minimum Gasteiger partial charge on any atom is -0.394 e. The van der Waals surface area contributed by atoms with Crippen molar-refractivity contribution in [1.82, 2.24) is 0 Å². The van der Waals surface area contributed by atoms with Gasteiger partial charge in [0.05, 0.1) is 13.2 Å². The van der Waals surface area contributed by atoms with E-state index in [9.17, 15) is 5.11 Å². The summed E-state index contributed by atoms with van der Waals surface area (Å²) in [6, 6.07) is 8.89. The Morgan fingerprint density at radius 2 is 1.96 bits per heavy atom. The Morgan fingerprint density at radius 3 is 2.52 bits per heavy atom. The molecule has 1 heterocycles. The molecule has 1 fully saturated rings. The molecule has 0 unspecified atom stereocenters. The molecule has 0 aliphatic carbocycles. The summed E-state index contributed by atoms with van der Waals surface area (Å²) in [6.45, 7) is 0.0595. The van der Waals surface area contributed by atoms with Gasteiger partial charge in [0.2, 0.25) is 0 Å². The summed E-state index contributed by atoms with van der Waals surface area (Å²) in [5, 5.41) is 13.2. The van der Waals surface area contributed by atoms with Gasteiger partial charge < -0.3 is 24.1 Å². The molecule has 1 aromatic rings. The molecule has 1 aliphatic heterocycles. The van der Waals surface area contributed by atoms with Crippen molar-refractivity contribution < 1.29 is 24.1 Å². The lowest BCUT2D eigenvalue weighted by Crippen LogP contribution is -2.59. The predicted molar refractivity (Wildman–Crippen MR) is 81.5 cm³/mol. The largest absolute Gasteiger partial charge is 0.394 e. The molecule has 1 aliphatic rings. The first-order valence-corrected chi connectivity index (χ1v) is 7.26. The molecule has 0 bridgehead atoms. The highest BCUT2D eigenvalue weighted by Crippen LogP contribution is 2.29. The van der Waals surface area contributed by atoms with Gasteiger partial charge >= 0.3 is 0 Å². The van der Waals surface area contributed by atoms with Gasteiger partial charge in [0.25, 0.3) is 0 Å². The van der Waals surface area contributed by atoms with Crippen LogP contribution in [-0.4, -0.2) is 56.6 Å². The standard InChI is InChI=1S/C15H21N3O5/c1-20-13-11(8-19)23-15(21-2)12(17-18-16)14(13)22-9-10-6-4-3-5-7-10/h3-7,11-15,19H,8-9H2,1-2H3/t11-,12-,13-,14-,15+/m1/s1. The number of aliphatic hydroxyl groups is 1. The molecule has 0 saturated carbocycles. The monoisotopic (exact) mass is 323 g/mol. The van der Waals surface area contributed by atoms with Crippen molar-refractivity contribution in [2.75, 3.05) is 20.8 Å². The Labute approximate surface area is 134 Å². The van der Waals surface area contributed by atoms with Gasteiger partial charge in [0, 0.05) is 19.1 Å². The normalized spacial score (nSPS) is 30.7. The van der Waals surface area contributed by atoms with Gasteiger partial charge in [-0.2, -0.15) is 0 Å². The third-order valence-corrected chi connectivity index (χ3v) is 3.77. The van der Waals surface area contributed by atoms with E-state index in [4.69, 9.17) is 24.5 Å². The molecule has 0 spiro atoms. The number of azide groups is 1. The summed E-state index contributed by atoms with van der Waals surface area (Å²) < 4.78 is 22.2. The molecular formula is C15H21N3O5. The van der Waals surface area contributed by atoms with Crippen LogP contribution in [0.2, 0.25) is 0 Å². The van der Waals surface area contributed by atoms with Crippen LogP contribution in [0.15, 0.2) is 35.4 Å². The van der Waals surface area contributed by atoms with Gasteiger partial charge in [-0.1, -0.05) is 35.4 Å². The number of benzene rings is 1.